The number of hydroxylamine groups is 1. The van der Waals surface area contributed by atoms with Crippen LogP contribution in [-0.2, 0) is 9.57 Å². The van der Waals surface area contributed by atoms with Crippen LogP contribution in [0.1, 0.15) is 37.7 Å². The van der Waals surface area contributed by atoms with Crippen LogP contribution in [0.5, 0.6) is 0 Å². The molecule has 5 heteroatoms. The van der Waals surface area contributed by atoms with Gasteiger partial charge in [0.15, 0.2) is 0 Å². The highest BCUT2D eigenvalue weighted by Crippen LogP contribution is 2.46. The molecule has 0 radical (unpaired) electrons. The average molecular weight is 415 g/mol. The van der Waals surface area contributed by atoms with E-state index in [1.807, 2.05) is 0 Å². The highest BCUT2D eigenvalue weighted by Gasteiger charge is 2.46. The minimum Gasteiger partial charge on any atom is -0.390 e. The van der Waals surface area contributed by atoms with E-state index in [0.717, 1.165) is 30.5 Å². The normalized spacial score (nSPS) is 32.9. The molecule has 1 aromatic rings. The summed E-state index contributed by atoms with van der Waals surface area (Å²) in [4.78, 5) is 5.15. The molecule has 2 fully saturated rings. The Kier molecular flexibility index (Phi) is 5.07. The molecule has 4 nitrogen and oxygen atoms in total. The first-order valence-corrected chi connectivity index (χ1v) is 8.82. The molecule has 0 spiro atoms. The Morgan fingerprint density at radius 1 is 1.36 bits per heavy atom. The number of ether oxygens (including phenoxy) is 1. The van der Waals surface area contributed by atoms with Crippen molar-refractivity contribution in [2.24, 2.45) is 0 Å². The summed E-state index contributed by atoms with van der Waals surface area (Å²) in [5, 5.41) is 10.4. The lowest BCUT2D eigenvalue weighted by molar-refractivity contribution is 0.000901. The SMILES string of the molecule is CCC(NOC)=C1[C@H](c2ccc(I)cc2)CC2CC(O)[C@@H]1O2. The van der Waals surface area contributed by atoms with E-state index in [1.165, 1.54) is 9.13 Å². The number of hydrogen-bond donors (Lipinski definition) is 2. The fraction of sp³-hybridized carbons (Fsp3) is 0.529. The standard InChI is InChI=1S/C17H22INO3/c1-3-14(19-21-2)16-13(10-4-6-11(18)7-5-10)8-12-9-15(20)17(16)22-12/h4-7,12-13,15,17,19-20H,3,8-9H2,1-2H3/t12?,13-,15?,17-/m0/s1. The molecule has 2 saturated heterocycles. The zero-order valence-electron chi connectivity index (χ0n) is 12.9. The van der Waals surface area contributed by atoms with Crippen LogP contribution in [-0.4, -0.2) is 30.5 Å². The van der Waals surface area contributed by atoms with Crippen LogP contribution < -0.4 is 5.48 Å². The summed E-state index contributed by atoms with van der Waals surface area (Å²) in [6.07, 6.45) is 1.96. The lowest BCUT2D eigenvalue weighted by Gasteiger charge is -2.34. The summed E-state index contributed by atoms with van der Waals surface area (Å²) in [7, 11) is 1.62. The minimum absolute atomic E-state index is 0.147. The second-order valence-corrected chi connectivity index (χ2v) is 7.16. The van der Waals surface area contributed by atoms with Gasteiger partial charge in [-0.25, -0.2) is 0 Å². The van der Waals surface area contributed by atoms with Crippen LogP contribution in [0.4, 0.5) is 0 Å². The number of hydrogen-bond acceptors (Lipinski definition) is 4. The third-order valence-electron chi connectivity index (χ3n) is 4.57. The largest absolute Gasteiger partial charge is 0.390 e. The predicted molar refractivity (Wildman–Crippen MR) is 93.3 cm³/mol. The van der Waals surface area contributed by atoms with Gasteiger partial charge in [0.25, 0.3) is 0 Å². The van der Waals surface area contributed by atoms with Crippen molar-refractivity contribution >= 4 is 22.6 Å². The lowest BCUT2D eigenvalue weighted by Crippen LogP contribution is -2.34. The highest BCUT2D eigenvalue weighted by molar-refractivity contribution is 14.1. The molecule has 0 aromatic heterocycles. The highest BCUT2D eigenvalue weighted by atomic mass is 127. The molecule has 2 unspecified atom stereocenters. The third kappa shape index (κ3) is 3.04. The Hall–Kier alpha value is -0.630. The first kappa shape index (κ1) is 16.2. The molecular weight excluding hydrogens is 393 g/mol. The van der Waals surface area contributed by atoms with Crippen LogP contribution in [0, 0.1) is 3.57 Å². The van der Waals surface area contributed by atoms with Crippen molar-refractivity contribution in [2.45, 2.75) is 50.4 Å². The summed E-state index contributed by atoms with van der Waals surface area (Å²) in [5.41, 5.74) is 6.46. The van der Waals surface area contributed by atoms with Gasteiger partial charge >= 0.3 is 0 Å². The molecular formula is C17H22INO3. The van der Waals surface area contributed by atoms with E-state index in [0.29, 0.717) is 0 Å². The van der Waals surface area contributed by atoms with Crippen LogP contribution >= 0.6 is 22.6 Å². The van der Waals surface area contributed by atoms with E-state index >= 15 is 0 Å². The van der Waals surface area contributed by atoms with Crippen molar-refractivity contribution < 1.29 is 14.7 Å². The lowest BCUT2D eigenvalue weighted by atomic mass is 9.82. The molecule has 2 heterocycles. The van der Waals surface area contributed by atoms with Gasteiger partial charge in [-0.3, -0.25) is 10.3 Å². The van der Waals surface area contributed by atoms with E-state index in [-0.39, 0.29) is 18.1 Å². The minimum atomic E-state index is -0.422. The molecule has 0 aliphatic carbocycles. The van der Waals surface area contributed by atoms with E-state index in [2.05, 4.69) is 59.3 Å². The number of nitrogens with one attached hydrogen (secondary N) is 1. The molecule has 2 aliphatic heterocycles. The van der Waals surface area contributed by atoms with E-state index < -0.39 is 6.10 Å². The molecule has 2 bridgehead atoms. The van der Waals surface area contributed by atoms with Gasteiger partial charge < -0.3 is 9.84 Å². The van der Waals surface area contributed by atoms with Crippen LogP contribution in [0.25, 0.3) is 0 Å². The zero-order valence-corrected chi connectivity index (χ0v) is 15.0. The van der Waals surface area contributed by atoms with Crippen LogP contribution in [0.15, 0.2) is 35.5 Å². The molecule has 0 saturated carbocycles. The molecule has 3 rings (SSSR count). The molecule has 0 amide bonds. The van der Waals surface area contributed by atoms with Gasteiger partial charge in [0, 0.05) is 21.6 Å². The van der Waals surface area contributed by atoms with Gasteiger partial charge in [-0.15, -0.1) is 0 Å². The maximum absolute atomic E-state index is 10.4. The van der Waals surface area contributed by atoms with Crippen molar-refractivity contribution in [3.8, 4) is 0 Å². The summed E-state index contributed by atoms with van der Waals surface area (Å²) < 4.78 is 7.25. The monoisotopic (exact) mass is 415 g/mol. The van der Waals surface area contributed by atoms with Crippen LogP contribution in [0.3, 0.4) is 0 Å². The first-order chi connectivity index (χ1) is 10.6. The summed E-state index contributed by atoms with van der Waals surface area (Å²) >= 11 is 2.32. The van der Waals surface area contributed by atoms with Gasteiger partial charge in [-0.1, -0.05) is 19.1 Å². The second kappa shape index (κ2) is 6.86. The Morgan fingerprint density at radius 2 is 2.09 bits per heavy atom. The number of fused-ring (bicyclic) bond motifs is 2. The van der Waals surface area contributed by atoms with Gasteiger partial charge in [0.05, 0.1) is 19.3 Å². The third-order valence-corrected chi connectivity index (χ3v) is 5.29. The quantitative estimate of drug-likeness (QED) is 0.586. The molecule has 2 aliphatic rings. The fourth-order valence-corrected chi connectivity index (χ4v) is 3.98. The first-order valence-electron chi connectivity index (χ1n) is 7.75. The smallest absolute Gasteiger partial charge is 0.107 e. The van der Waals surface area contributed by atoms with Crippen molar-refractivity contribution in [1.29, 1.82) is 0 Å². The Morgan fingerprint density at radius 3 is 2.73 bits per heavy atom. The molecule has 22 heavy (non-hydrogen) atoms. The van der Waals surface area contributed by atoms with Gasteiger partial charge in [-0.05, 0) is 58.7 Å². The molecule has 1 aromatic carbocycles. The van der Waals surface area contributed by atoms with E-state index in [9.17, 15) is 5.11 Å². The maximum Gasteiger partial charge on any atom is 0.107 e. The predicted octanol–water partition coefficient (Wildman–Crippen LogP) is 3.11. The zero-order chi connectivity index (χ0) is 15.7. The number of halogens is 1. The Bertz CT molecular complexity index is 558. The number of allylic oxidation sites excluding steroid dienone is 1. The average Bonchev–Trinajstić information content (AvgIpc) is 2.81. The Labute approximate surface area is 145 Å². The summed E-state index contributed by atoms with van der Waals surface area (Å²) in [6, 6.07) is 8.64. The summed E-state index contributed by atoms with van der Waals surface area (Å²) in [6.45, 7) is 2.09. The molecule has 120 valence electrons. The fourth-order valence-electron chi connectivity index (χ4n) is 3.62. The van der Waals surface area contributed by atoms with Gasteiger partial charge in [-0.2, -0.15) is 0 Å². The van der Waals surface area contributed by atoms with Crippen molar-refractivity contribution in [1.82, 2.24) is 5.48 Å². The van der Waals surface area contributed by atoms with E-state index in [4.69, 9.17) is 9.57 Å². The van der Waals surface area contributed by atoms with Crippen LogP contribution in [0.2, 0.25) is 0 Å². The number of aliphatic hydroxyl groups is 1. The Balaban J connectivity index is 2.04. The van der Waals surface area contributed by atoms with E-state index in [1.54, 1.807) is 7.11 Å². The number of aliphatic hydroxyl groups excluding tert-OH is 1. The second-order valence-electron chi connectivity index (χ2n) is 5.92. The number of rotatable bonds is 4. The van der Waals surface area contributed by atoms with Crippen molar-refractivity contribution in [2.75, 3.05) is 7.11 Å². The molecule has 2 N–H and O–H groups in total. The van der Waals surface area contributed by atoms with Crippen molar-refractivity contribution in [3.05, 3.63) is 44.7 Å². The molecule has 4 atom stereocenters. The van der Waals surface area contributed by atoms with Crippen molar-refractivity contribution in [3.63, 3.8) is 0 Å². The van der Waals surface area contributed by atoms with Gasteiger partial charge in [0.1, 0.15) is 6.10 Å². The van der Waals surface area contributed by atoms with Gasteiger partial charge in [0.2, 0.25) is 0 Å². The topological polar surface area (TPSA) is 50.7 Å². The maximum atomic E-state index is 10.4. The number of benzene rings is 1. The summed E-state index contributed by atoms with van der Waals surface area (Å²) in [5.74, 6) is 0.274.